The molecular formula is C9H15F2N. The molecule has 1 saturated heterocycles. The molecule has 1 nitrogen and oxygen atoms in total. The van der Waals surface area contributed by atoms with E-state index in [9.17, 15) is 8.78 Å². The minimum absolute atomic E-state index is 0.0845. The lowest BCUT2D eigenvalue weighted by atomic mass is 9.77. The molecule has 1 aliphatic carbocycles. The number of nitrogens with one attached hydrogen (secondary N) is 1. The Labute approximate surface area is 71.5 Å². The molecule has 3 heteroatoms. The Bertz CT molecular complexity index is 156. The molecule has 12 heavy (non-hydrogen) atoms. The first-order valence-corrected chi connectivity index (χ1v) is 4.79. The van der Waals surface area contributed by atoms with Crippen LogP contribution in [0.1, 0.15) is 32.1 Å². The van der Waals surface area contributed by atoms with Crippen molar-refractivity contribution in [2.24, 2.45) is 5.92 Å². The minimum Gasteiger partial charge on any atom is -0.308 e. The van der Waals surface area contributed by atoms with Gasteiger partial charge in [0.15, 0.2) is 0 Å². The predicted octanol–water partition coefficient (Wildman–Crippen LogP) is 2.17. The maximum Gasteiger partial charge on any atom is 0.260 e. The second kappa shape index (κ2) is 2.95. The normalized spacial score (nSPS) is 36.0. The zero-order valence-corrected chi connectivity index (χ0v) is 7.15. The summed E-state index contributed by atoms with van der Waals surface area (Å²) in [6, 6.07) is 0.387. The van der Waals surface area contributed by atoms with Gasteiger partial charge in [0.2, 0.25) is 0 Å². The van der Waals surface area contributed by atoms with Crippen molar-refractivity contribution in [1.82, 2.24) is 5.32 Å². The highest BCUT2D eigenvalue weighted by Crippen LogP contribution is 2.35. The first kappa shape index (κ1) is 8.42. The van der Waals surface area contributed by atoms with E-state index in [1.54, 1.807) is 0 Å². The van der Waals surface area contributed by atoms with Gasteiger partial charge in [-0.15, -0.1) is 0 Å². The third-order valence-electron chi connectivity index (χ3n) is 3.16. The van der Waals surface area contributed by atoms with Gasteiger partial charge in [-0.3, -0.25) is 0 Å². The van der Waals surface area contributed by atoms with Gasteiger partial charge in [-0.25, -0.2) is 8.78 Å². The summed E-state index contributed by atoms with van der Waals surface area (Å²) < 4.78 is 25.4. The molecule has 2 rings (SSSR count). The number of piperidine rings is 1. The SMILES string of the molecule is FC1(F)CCC(C2CCC2)NC1. The molecule has 0 radical (unpaired) electrons. The molecule has 0 bridgehead atoms. The Hall–Kier alpha value is -0.180. The van der Waals surface area contributed by atoms with E-state index in [2.05, 4.69) is 5.32 Å². The van der Waals surface area contributed by atoms with Gasteiger partial charge >= 0.3 is 0 Å². The van der Waals surface area contributed by atoms with Crippen molar-refractivity contribution in [2.45, 2.75) is 44.1 Å². The van der Waals surface area contributed by atoms with Gasteiger partial charge in [0, 0.05) is 12.5 Å². The molecule has 1 aliphatic heterocycles. The molecule has 0 aromatic heterocycles. The summed E-state index contributed by atoms with van der Waals surface area (Å²) in [5.74, 6) is -1.75. The van der Waals surface area contributed by atoms with E-state index in [-0.39, 0.29) is 13.0 Å². The average molecular weight is 175 g/mol. The number of hydrogen-bond donors (Lipinski definition) is 1. The minimum atomic E-state index is -2.44. The lowest BCUT2D eigenvalue weighted by molar-refractivity contribution is -0.0392. The molecule has 2 fully saturated rings. The third-order valence-corrected chi connectivity index (χ3v) is 3.16. The van der Waals surface area contributed by atoms with E-state index in [1.165, 1.54) is 19.3 Å². The van der Waals surface area contributed by atoms with E-state index in [0.717, 1.165) is 0 Å². The fraction of sp³-hybridized carbons (Fsp3) is 1.00. The fourth-order valence-electron chi connectivity index (χ4n) is 2.08. The molecule has 1 unspecified atom stereocenters. The highest BCUT2D eigenvalue weighted by atomic mass is 19.3. The summed E-state index contributed by atoms with van der Waals surface area (Å²) in [6.45, 7) is -0.103. The Kier molecular flexibility index (Phi) is 2.07. The molecule has 1 heterocycles. The third kappa shape index (κ3) is 1.60. The summed E-state index contributed by atoms with van der Waals surface area (Å²) in [5, 5.41) is 2.96. The number of rotatable bonds is 1. The zero-order chi connectivity index (χ0) is 8.60. The van der Waals surface area contributed by atoms with Gasteiger partial charge in [0.25, 0.3) is 5.92 Å². The summed E-state index contributed by atoms with van der Waals surface area (Å²) in [6.07, 6.45) is 4.52. The van der Waals surface area contributed by atoms with Crippen LogP contribution in [0.4, 0.5) is 8.78 Å². The van der Waals surface area contributed by atoms with Crippen LogP contribution in [-0.4, -0.2) is 18.5 Å². The van der Waals surface area contributed by atoms with Crippen LogP contribution in [0, 0.1) is 5.92 Å². The van der Waals surface area contributed by atoms with Crippen molar-refractivity contribution >= 4 is 0 Å². The number of hydrogen-bond acceptors (Lipinski definition) is 1. The van der Waals surface area contributed by atoms with Crippen LogP contribution in [0.15, 0.2) is 0 Å². The molecule has 1 saturated carbocycles. The Morgan fingerprint density at radius 3 is 2.33 bits per heavy atom. The van der Waals surface area contributed by atoms with Crippen molar-refractivity contribution in [3.8, 4) is 0 Å². The van der Waals surface area contributed by atoms with Crippen molar-refractivity contribution in [1.29, 1.82) is 0 Å². The highest BCUT2D eigenvalue weighted by molar-refractivity contribution is 4.89. The first-order chi connectivity index (χ1) is 5.67. The van der Waals surface area contributed by atoms with E-state index >= 15 is 0 Å². The van der Waals surface area contributed by atoms with Gasteiger partial charge in [-0.2, -0.15) is 0 Å². The van der Waals surface area contributed by atoms with Crippen LogP contribution < -0.4 is 5.32 Å². The quantitative estimate of drug-likeness (QED) is 0.644. The van der Waals surface area contributed by atoms with Crippen molar-refractivity contribution in [3.63, 3.8) is 0 Å². The van der Waals surface area contributed by atoms with Crippen LogP contribution in [-0.2, 0) is 0 Å². The van der Waals surface area contributed by atoms with Crippen molar-refractivity contribution in [2.75, 3.05) is 6.54 Å². The maximum atomic E-state index is 12.7. The Morgan fingerprint density at radius 1 is 1.17 bits per heavy atom. The highest BCUT2D eigenvalue weighted by Gasteiger charge is 2.38. The van der Waals surface area contributed by atoms with Gasteiger partial charge in [0.1, 0.15) is 0 Å². The van der Waals surface area contributed by atoms with Crippen LogP contribution in [0.5, 0.6) is 0 Å². The molecule has 2 aliphatic rings. The van der Waals surface area contributed by atoms with Gasteiger partial charge in [-0.05, 0) is 25.2 Å². The molecule has 0 spiro atoms. The molecule has 0 aromatic carbocycles. The summed E-state index contributed by atoms with van der Waals surface area (Å²) >= 11 is 0. The van der Waals surface area contributed by atoms with E-state index in [1.807, 2.05) is 0 Å². The van der Waals surface area contributed by atoms with Gasteiger partial charge in [-0.1, -0.05) is 6.42 Å². The zero-order valence-electron chi connectivity index (χ0n) is 7.15. The molecule has 0 amide bonds. The van der Waals surface area contributed by atoms with E-state index in [4.69, 9.17) is 0 Å². The largest absolute Gasteiger partial charge is 0.308 e. The lowest BCUT2D eigenvalue weighted by Gasteiger charge is -2.39. The number of halogens is 2. The molecular weight excluding hydrogens is 160 g/mol. The number of alkyl halides is 2. The topological polar surface area (TPSA) is 12.0 Å². The van der Waals surface area contributed by atoms with Crippen LogP contribution in [0.25, 0.3) is 0 Å². The molecule has 1 N–H and O–H groups in total. The van der Waals surface area contributed by atoms with Crippen LogP contribution >= 0.6 is 0 Å². The van der Waals surface area contributed by atoms with E-state index < -0.39 is 5.92 Å². The lowest BCUT2D eigenvalue weighted by Crippen LogP contribution is -2.49. The maximum absolute atomic E-state index is 12.7. The predicted molar refractivity (Wildman–Crippen MR) is 43.3 cm³/mol. The molecule has 70 valence electrons. The second-order valence-corrected chi connectivity index (χ2v) is 4.07. The Balaban J connectivity index is 1.81. The first-order valence-electron chi connectivity index (χ1n) is 4.79. The molecule has 1 atom stereocenters. The van der Waals surface area contributed by atoms with Gasteiger partial charge in [0.05, 0.1) is 6.54 Å². The van der Waals surface area contributed by atoms with Crippen molar-refractivity contribution < 1.29 is 8.78 Å². The molecule has 0 aromatic rings. The second-order valence-electron chi connectivity index (χ2n) is 4.07. The smallest absolute Gasteiger partial charge is 0.260 e. The average Bonchev–Trinajstić information content (AvgIpc) is 1.89. The summed E-state index contributed by atoms with van der Waals surface area (Å²) in [5.41, 5.74) is 0. The van der Waals surface area contributed by atoms with Crippen LogP contribution in [0.3, 0.4) is 0 Å². The van der Waals surface area contributed by atoms with Crippen LogP contribution in [0.2, 0.25) is 0 Å². The Morgan fingerprint density at radius 2 is 1.92 bits per heavy atom. The monoisotopic (exact) mass is 175 g/mol. The van der Waals surface area contributed by atoms with Crippen molar-refractivity contribution in [3.05, 3.63) is 0 Å². The van der Waals surface area contributed by atoms with E-state index in [0.29, 0.717) is 18.4 Å². The van der Waals surface area contributed by atoms with Gasteiger partial charge < -0.3 is 5.32 Å². The fourth-order valence-corrected chi connectivity index (χ4v) is 2.08. The summed E-state index contributed by atoms with van der Waals surface area (Å²) in [7, 11) is 0. The standard InChI is InChI=1S/C9H15F2N/c10-9(11)5-4-8(12-6-9)7-2-1-3-7/h7-8,12H,1-6H2. The summed E-state index contributed by atoms with van der Waals surface area (Å²) in [4.78, 5) is 0.